The van der Waals surface area contributed by atoms with E-state index in [9.17, 15) is 0 Å². The van der Waals surface area contributed by atoms with Crippen LogP contribution >= 0.6 is 0 Å². The summed E-state index contributed by atoms with van der Waals surface area (Å²) >= 11 is 0. The van der Waals surface area contributed by atoms with E-state index in [1.54, 1.807) is 7.11 Å². The number of methoxy groups -OCH3 is 1. The highest BCUT2D eigenvalue weighted by Gasteiger charge is 2.23. The lowest BCUT2D eigenvalue weighted by Gasteiger charge is -2.27. The number of ether oxygens (including phenoxy) is 1. The van der Waals surface area contributed by atoms with E-state index in [4.69, 9.17) is 25.4 Å². The van der Waals surface area contributed by atoms with Gasteiger partial charge in [0.1, 0.15) is 5.75 Å². The van der Waals surface area contributed by atoms with Crippen LogP contribution in [0.3, 0.4) is 0 Å². The predicted octanol–water partition coefficient (Wildman–Crippen LogP) is 4.29. The maximum Gasteiger partial charge on any atom is 0.227 e. The number of fused-ring (bicyclic) bond motifs is 1. The summed E-state index contributed by atoms with van der Waals surface area (Å²) in [6.07, 6.45) is 12.0. The van der Waals surface area contributed by atoms with Gasteiger partial charge in [-0.05, 0) is 62.6 Å². The Kier molecular flexibility index (Phi) is 6.62. The predicted molar refractivity (Wildman–Crippen MR) is 132 cm³/mol. The molecular formula is C25H35N7O. The molecule has 0 aliphatic heterocycles. The van der Waals surface area contributed by atoms with E-state index in [2.05, 4.69) is 27.3 Å². The van der Waals surface area contributed by atoms with Gasteiger partial charge < -0.3 is 25.7 Å². The molecule has 0 radical (unpaired) electrons. The third kappa shape index (κ3) is 5.05. The summed E-state index contributed by atoms with van der Waals surface area (Å²) in [6.45, 7) is 0.757. The Morgan fingerprint density at radius 1 is 1.09 bits per heavy atom. The van der Waals surface area contributed by atoms with Crippen LogP contribution in [-0.4, -0.2) is 45.3 Å². The van der Waals surface area contributed by atoms with Gasteiger partial charge in [0.2, 0.25) is 5.95 Å². The molecule has 0 atom stereocenters. The lowest BCUT2D eigenvalue weighted by Crippen LogP contribution is -2.33. The van der Waals surface area contributed by atoms with Crippen molar-refractivity contribution in [1.29, 1.82) is 0 Å². The fourth-order valence-corrected chi connectivity index (χ4v) is 5.15. The van der Waals surface area contributed by atoms with E-state index in [1.807, 2.05) is 18.5 Å². The van der Waals surface area contributed by atoms with Crippen LogP contribution in [0.5, 0.6) is 5.75 Å². The second-order valence-corrected chi connectivity index (χ2v) is 9.44. The van der Waals surface area contributed by atoms with Crippen LogP contribution in [0.25, 0.3) is 11.2 Å². The van der Waals surface area contributed by atoms with E-state index >= 15 is 0 Å². The number of rotatable bonds is 8. The van der Waals surface area contributed by atoms with Crippen molar-refractivity contribution in [2.75, 3.05) is 24.3 Å². The zero-order valence-electron chi connectivity index (χ0n) is 19.5. The molecule has 0 bridgehead atoms. The summed E-state index contributed by atoms with van der Waals surface area (Å²) in [6, 6.07) is 9.37. The highest BCUT2D eigenvalue weighted by Crippen LogP contribution is 2.33. The second kappa shape index (κ2) is 9.95. The Morgan fingerprint density at radius 3 is 2.70 bits per heavy atom. The van der Waals surface area contributed by atoms with Crippen LogP contribution in [0.4, 0.5) is 11.8 Å². The number of anilines is 2. The number of nitrogens with two attached hydrogens (primary N) is 1. The largest absolute Gasteiger partial charge is 0.497 e. The van der Waals surface area contributed by atoms with Gasteiger partial charge in [0.25, 0.3) is 0 Å². The summed E-state index contributed by atoms with van der Waals surface area (Å²) in [5.41, 5.74) is 9.10. The Labute approximate surface area is 195 Å². The fraction of sp³-hybridized carbons (Fsp3) is 0.560. The monoisotopic (exact) mass is 449 g/mol. The molecule has 0 amide bonds. The zero-order valence-corrected chi connectivity index (χ0v) is 19.5. The number of hydrogen-bond acceptors (Lipinski definition) is 7. The van der Waals surface area contributed by atoms with Gasteiger partial charge in [0.05, 0.1) is 13.4 Å². The van der Waals surface area contributed by atoms with Gasteiger partial charge in [-0.1, -0.05) is 25.0 Å². The smallest absolute Gasteiger partial charge is 0.227 e. The van der Waals surface area contributed by atoms with Gasteiger partial charge in [0, 0.05) is 24.7 Å². The number of aromatic nitrogens is 4. The van der Waals surface area contributed by atoms with Gasteiger partial charge in [-0.2, -0.15) is 9.97 Å². The van der Waals surface area contributed by atoms with Crippen LogP contribution < -0.4 is 21.1 Å². The molecule has 176 valence electrons. The number of hydrogen-bond donors (Lipinski definition) is 3. The normalized spacial score (nSPS) is 21.4. The third-order valence-electron chi connectivity index (χ3n) is 7.08. The molecule has 0 saturated heterocycles. The molecule has 2 saturated carbocycles. The fourth-order valence-electron chi connectivity index (χ4n) is 5.15. The van der Waals surface area contributed by atoms with Crippen LogP contribution in [-0.2, 0) is 6.42 Å². The van der Waals surface area contributed by atoms with E-state index in [0.29, 0.717) is 24.1 Å². The maximum absolute atomic E-state index is 6.10. The first-order chi connectivity index (χ1) is 16.2. The first kappa shape index (κ1) is 21.9. The van der Waals surface area contributed by atoms with Gasteiger partial charge in [-0.25, -0.2) is 4.98 Å². The minimum Gasteiger partial charge on any atom is -0.497 e. The molecule has 2 fully saturated rings. The molecule has 0 unspecified atom stereocenters. The Balaban J connectivity index is 1.37. The summed E-state index contributed by atoms with van der Waals surface area (Å²) in [5.74, 6) is 2.37. The van der Waals surface area contributed by atoms with Gasteiger partial charge in [-0.3, -0.25) is 0 Å². The van der Waals surface area contributed by atoms with Crippen LogP contribution in [0.1, 0.15) is 63.0 Å². The number of nitrogens with zero attached hydrogens (tertiary/aromatic N) is 4. The van der Waals surface area contributed by atoms with Gasteiger partial charge in [-0.15, -0.1) is 0 Å². The van der Waals surface area contributed by atoms with Crippen LogP contribution in [0.15, 0.2) is 30.6 Å². The number of nitrogens with one attached hydrogen (secondary N) is 2. The lowest BCUT2D eigenvalue weighted by atomic mass is 9.92. The van der Waals surface area contributed by atoms with Crippen molar-refractivity contribution < 1.29 is 4.74 Å². The van der Waals surface area contributed by atoms with Crippen molar-refractivity contribution in [3.8, 4) is 5.75 Å². The topological polar surface area (TPSA) is 103 Å². The molecule has 4 N–H and O–H groups in total. The molecule has 8 heteroatoms. The molecule has 3 aromatic rings. The quantitative estimate of drug-likeness (QED) is 0.471. The van der Waals surface area contributed by atoms with Crippen molar-refractivity contribution in [2.45, 2.75) is 75.9 Å². The van der Waals surface area contributed by atoms with Gasteiger partial charge in [0.15, 0.2) is 17.0 Å². The molecule has 2 aromatic heterocycles. The Hall–Kier alpha value is -2.87. The van der Waals surface area contributed by atoms with E-state index in [1.165, 1.54) is 31.2 Å². The lowest BCUT2D eigenvalue weighted by molar-refractivity contribution is 0.410. The highest BCUT2D eigenvalue weighted by molar-refractivity contribution is 5.84. The van der Waals surface area contributed by atoms with E-state index in [0.717, 1.165) is 61.4 Å². The average Bonchev–Trinajstić information content (AvgIpc) is 3.51. The summed E-state index contributed by atoms with van der Waals surface area (Å²) in [4.78, 5) is 14.5. The molecule has 33 heavy (non-hydrogen) atoms. The van der Waals surface area contributed by atoms with Crippen molar-refractivity contribution >= 4 is 22.9 Å². The summed E-state index contributed by atoms with van der Waals surface area (Å²) in [5, 5.41) is 7.12. The zero-order chi connectivity index (χ0) is 22.6. The van der Waals surface area contributed by atoms with Crippen molar-refractivity contribution in [2.24, 2.45) is 5.73 Å². The average molecular weight is 450 g/mol. The molecule has 2 aliphatic carbocycles. The third-order valence-corrected chi connectivity index (χ3v) is 7.08. The molecule has 0 spiro atoms. The molecule has 1 aromatic carbocycles. The first-order valence-electron chi connectivity index (χ1n) is 12.3. The van der Waals surface area contributed by atoms with Crippen molar-refractivity contribution in [1.82, 2.24) is 19.5 Å². The van der Waals surface area contributed by atoms with E-state index < -0.39 is 0 Å². The molecule has 2 aliphatic rings. The highest BCUT2D eigenvalue weighted by atomic mass is 16.5. The molecule has 2 heterocycles. The van der Waals surface area contributed by atoms with Gasteiger partial charge >= 0.3 is 0 Å². The molecule has 8 nitrogen and oxygen atoms in total. The number of imidazole rings is 1. The minimum absolute atomic E-state index is 0.323. The maximum atomic E-state index is 6.10. The van der Waals surface area contributed by atoms with Crippen LogP contribution in [0, 0.1) is 0 Å². The standard InChI is InChI=1S/C25H35N7O/c1-33-21-8-4-5-17(15-21)13-14-27-23-22-24(32(16-28-22)20-6-2-3-7-20)31-25(30-23)29-19-11-9-18(26)10-12-19/h4-5,8,15-16,18-20H,2-3,6-7,9-14,26H2,1H3,(H2,27,29,30,31). The molecular weight excluding hydrogens is 414 g/mol. The SMILES string of the molecule is COc1cccc(CCNc2nc(NC3CCC(N)CC3)nc3c2ncn3C2CCCC2)c1. The Bertz CT molecular complexity index is 1070. The van der Waals surface area contributed by atoms with Crippen molar-refractivity contribution in [3.63, 3.8) is 0 Å². The van der Waals surface area contributed by atoms with E-state index in [-0.39, 0.29) is 0 Å². The summed E-state index contributed by atoms with van der Waals surface area (Å²) in [7, 11) is 1.70. The van der Waals surface area contributed by atoms with Crippen LogP contribution in [0.2, 0.25) is 0 Å². The Morgan fingerprint density at radius 2 is 1.91 bits per heavy atom. The number of benzene rings is 1. The molecule has 5 rings (SSSR count). The van der Waals surface area contributed by atoms with Crippen molar-refractivity contribution in [3.05, 3.63) is 36.2 Å². The summed E-state index contributed by atoms with van der Waals surface area (Å²) < 4.78 is 7.62. The first-order valence-corrected chi connectivity index (χ1v) is 12.3. The minimum atomic E-state index is 0.323. The second-order valence-electron chi connectivity index (χ2n) is 9.44.